The highest BCUT2D eigenvalue weighted by Crippen LogP contribution is 2.37. The van der Waals surface area contributed by atoms with Crippen molar-refractivity contribution in [1.82, 2.24) is 0 Å². The molecule has 1 saturated carbocycles. The summed E-state index contributed by atoms with van der Waals surface area (Å²) in [5, 5.41) is 21.7. The van der Waals surface area contributed by atoms with Gasteiger partial charge in [-0.2, -0.15) is 0 Å². The van der Waals surface area contributed by atoms with Crippen molar-refractivity contribution >= 4 is 17.1 Å². The Hall–Kier alpha value is -1.86. The minimum absolute atomic E-state index is 0.0703. The number of nitrogens with one attached hydrogen (secondary N) is 1. The third-order valence-corrected chi connectivity index (χ3v) is 3.83. The first kappa shape index (κ1) is 14.5. The summed E-state index contributed by atoms with van der Waals surface area (Å²) in [5.74, 6) is 5.32. The van der Waals surface area contributed by atoms with Gasteiger partial charge in [-0.05, 0) is 25.0 Å². The smallest absolute Gasteiger partial charge is 0.316 e. The predicted molar refractivity (Wildman–Crippen MR) is 77.6 cm³/mol. The third-order valence-electron chi connectivity index (χ3n) is 3.83. The fraction of sp³-hybridized carbons (Fsp3) is 0.538. The highest BCUT2D eigenvalue weighted by atomic mass is 16.6. The fourth-order valence-corrected chi connectivity index (χ4v) is 2.87. The Morgan fingerprint density at radius 2 is 2.15 bits per heavy atom. The van der Waals surface area contributed by atoms with Crippen LogP contribution in [0.5, 0.6) is 0 Å². The van der Waals surface area contributed by atoms with Crippen molar-refractivity contribution in [2.75, 3.05) is 23.9 Å². The number of nitro benzene ring substituents is 1. The number of nitrogen functional groups attached to an aromatic ring is 1. The normalized spacial score (nSPS) is 16.9. The quantitative estimate of drug-likeness (QED) is 0.430. The first-order valence-electron chi connectivity index (χ1n) is 6.64. The van der Waals surface area contributed by atoms with Crippen molar-refractivity contribution in [2.45, 2.75) is 31.3 Å². The zero-order valence-corrected chi connectivity index (χ0v) is 11.5. The molecule has 0 aliphatic heterocycles. The van der Waals surface area contributed by atoms with Crippen molar-refractivity contribution in [3.63, 3.8) is 0 Å². The maximum Gasteiger partial charge on any atom is 0.316 e. The third kappa shape index (κ3) is 2.83. The molecule has 1 aromatic rings. The molecule has 0 unspecified atom stereocenters. The van der Waals surface area contributed by atoms with E-state index in [0.717, 1.165) is 25.7 Å². The van der Waals surface area contributed by atoms with Crippen molar-refractivity contribution < 1.29 is 10.0 Å². The van der Waals surface area contributed by atoms with Crippen molar-refractivity contribution in [3.05, 3.63) is 28.3 Å². The average Bonchev–Trinajstić information content (AvgIpc) is 2.83. The molecule has 0 bridgehead atoms. The van der Waals surface area contributed by atoms with E-state index >= 15 is 0 Å². The van der Waals surface area contributed by atoms with Gasteiger partial charge in [0.05, 0.1) is 10.5 Å². The highest BCUT2D eigenvalue weighted by Gasteiger charge is 2.34. The second-order valence-corrected chi connectivity index (χ2v) is 5.36. The molecule has 0 saturated heterocycles. The summed E-state index contributed by atoms with van der Waals surface area (Å²) in [6, 6.07) is 4.92. The van der Waals surface area contributed by atoms with E-state index in [1.807, 2.05) is 0 Å². The van der Waals surface area contributed by atoms with Gasteiger partial charge in [0.1, 0.15) is 11.4 Å². The number of hydrazine groups is 1. The number of anilines is 2. The monoisotopic (exact) mass is 280 g/mol. The van der Waals surface area contributed by atoms with Crippen LogP contribution in [0.25, 0.3) is 0 Å². The molecule has 0 aromatic heterocycles. The first-order chi connectivity index (χ1) is 9.47. The lowest BCUT2D eigenvalue weighted by atomic mass is 10.0. The molecule has 1 aliphatic carbocycles. The van der Waals surface area contributed by atoms with Gasteiger partial charge in [-0.1, -0.05) is 18.9 Å². The molecule has 2 rings (SSSR count). The van der Waals surface area contributed by atoms with Crippen molar-refractivity contribution in [2.24, 2.45) is 5.84 Å². The van der Waals surface area contributed by atoms with Crippen LogP contribution in [0, 0.1) is 10.1 Å². The number of rotatable bonds is 5. The van der Waals surface area contributed by atoms with Gasteiger partial charge in [0.25, 0.3) is 0 Å². The van der Waals surface area contributed by atoms with Crippen LogP contribution in [-0.2, 0) is 0 Å². The van der Waals surface area contributed by atoms with E-state index in [4.69, 9.17) is 5.84 Å². The van der Waals surface area contributed by atoms with Gasteiger partial charge >= 0.3 is 5.69 Å². The molecule has 0 radical (unpaired) electrons. The average molecular weight is 280 g/mol. The standard InChI is InChI=1S/C13H20N4O3/c1-16(9-13(18)7-2-3-8-13)11-6-4-5-10(15-14)12(11)17(19)20/h4-6,15,18H,2-3,7-9,14H2,1H3. The van der Waals surface area contributed by atoms with Gasteiger partial charge in [-0.15, -0.1) is 0 Å². The largest absolute Gasteiger partial charge is 0.388 e. The molecule has 4 N–H and O–H groups in total. The number of hydrogen-bond donors (Lipinski definition) is 3. The number of nitro groups is 1. The van der Waals surface area contributed by atoms with Crippen molar-refractivity contribution in [1.29, 1.82) is 0 Å². The Bertz CT molecular complexity index is 500. The van der Waals surface area contributed by atoms with E-state index in [9.17, 15) is 15.2 Å². The summed E-state index contributed by atoms with van der Waals surface area (Å²) in [6.45, 7) is 0.377. The van der Waals surface area contributed by atoms with Gasteiger partial charge in [-0.3, -0.25) is 16.0 Å². The minimum Gasteiger partial charge on any atom is -0.388 e. The van der Waals surface area contributed by atoms with E-state index in [0.29, 0.717) is 12.2 Å². The van der Waals surface area contributed by atoms with Gasteiger partial charge in [-0.25, -0.2) is 0 Å². The second kappa shape index (κ2) is 5.64. The molecule has 1 aromatic carbocycles. The number of likely N-dealkylation sites (N-methyl/N-ethyl adjacent to an activating group) is 1. The lowest BCUT2D eigenvalue weighted by Crippen LogP contribution is -2.39. The second-order valence-electron chi connectivity index (χ2n) is 5.36. The zero-order valence-electron chi connectivity index (χ0n) is 11.5. The number of para-hydroxylation sites is 1. The molecule has 1 aliphatic rings. The number of hydrogen-bond acceptors (Lipinski definition) is 6. The number of benzene rings is 1. The Balaban J connectivity index is 2.29. The van der Waals surface area contributed by atoms with Crippen LogP contribution in [0.15, 0.2) is 18.2 Å². The minimum atomic E-state index is -0.755. The summed E-state index contributed by atoms with van der Waals surface area (Å²) in [7, 11) is 1.75. The molecule has 20 heavy (non-hydrogen) atoms. The number of nitrogens with zero attached hydrogens (tertiary/aromatic N) is 2. The molecule has 7 nitrogen and oxygen atoms in total. The van der Waals surface area contributed by atoms with Crippen LogP contribution in [0.2, 0.25) is 0 Å². The van der Waals surface area contributed by atoms with Crippen LogP contribution < -0.4 is 16.2 Å². The Kier molecular flexibility index (Phi) is 4.10. The van der Waals surface area contributed by atoms with Crippen LogP contribution in [0.3, 0.4) is 0 Å². The topological polar surface area (TPSA) is 105 Å². The summed E-state index contributed by atoms with van der Waals surface area (Å²) in [6.07, 6.45) is 3.47. The van der Waals surface area contributed by atoms with Gasteiger partial charge < -0.3 is 15.4 Å². The summed E-state index contributed by atoms with van der Waals surface area (Å²) in [4.78, 5) is 12.5. The molecule has 0 atom stereocenters. The molecule has 110 valence electrons. The van der Waals surface area contributed by atoms with Crippen LogP contribution in [-0.4, -0.2) is 29.2 Å². The Morgan fingerprint density at radius 3 is 2.70 bits per heavy atom. The summed E-state index contributed by atoms with van der Waals surface area (Å²) >= 11 is 0. The van der Waals surface area contributed by atoms with Crippen LogP contribution in [0.1, 0.15) is 25.7 Å². The van der Waals surface area contributed by atoms with Gasteiger partial charge in [0.2, 0.25) is 0 Å². The van der Waals surface area contributed by atoms with E-state index in [-0.39, 0.29) is 11.4 Å². The highest BCUT2D eigenvalue weighted by molar-refractivity contribution is 5.76. The van der Waals surface area contributed by atoms with E-state index in [1.54, 1.807) is 30.1 Å². The van der Waals surface area contributed by atoms with Gasteiger partial charge in [0.15, 0.2) is 0 Å². The number of aliphatic hydroxyl groups is 1. The SMILES string of the molecule is CN(CC1(O)CCCC1)c1cccc(NN)c1[N+](=O)[O-]. The first-order valence-corrected chi connectivity index (χ1v) is 6.64. The van der Waals surface area contributed by atoms with E-state index in [1.165, 1.54) is 0 Å². The number of nitrogens with two attached hydrogens (primary N) is 1. The summed E-state index contributed by atoms with van der Waals surface area (Å²) < 4.78 is 0. The fourth-order valence-electron chi connectivity index (χ4n) is 2.87. The molecule has 1 fully saturated rings. The Labute approximate surface area is 117 Å². The zero-order chi connectivity index (χ0) is 14.8. The summed E-state index contributed by atoms with van der Waals surface area (Å²) in [5.41, 5.74) is 2.23. The maximum absolute atomic E-state index is 11.2. The molecule has 0 amide bonds. The molecular weight excluding hydrogens is 260 g/mol. The van der Waals surface area contributed by atoms with Gasteiger partial charge in [0, 0.05) is 13.6 Å². The molecule has 0 spiro atoms. The van der Waals surface area contributed by atoms with E-state index < -0.39 is 10.5 Å². The lowest BCUT2D eigenvalue weighted by molar-refractivity contribution is -0.383. The van der Waals surface area contributed by atoms with Crippen LogP contribution in [0.4, 0.5) is 17.1 Å². The molecule has 7 heteroatoms. The predicted octanol–water partition coefficient (Wildman–Crippen LogP) is 1.62. The van der Waals surface area contributed by atoms with E-state index in [2.05, 4.69) is 5.43 Å². The lowest BCUT2D eigenvalue weighted by Gasteiger charge is -2.30. The van der Waals surface area contributed by atoms with Crippen LogP contribution >= 0.6 is 0 Å². The van der Waals surface area contributed by atoms with Crippen molar-refractivity contribution in [3.8, 4) is 0 Å². The molecular formula is C13H20N4O3. The Morgan fingerprint density at radius 1 is 1.50 bits per heavy atom. The maximum atomic E-state index is 11.2. The molecule has 0 heterocycles.